The molecule has 0 saturated heterocycles. The molecule has 0 spiro atoms. The van der Waals surface area contributed by atoms with Gasteiger partial charge >= 0.3 is 5.97 Å². The van der Waals surface area contributed by atoms with Crippen molar-refractivity contribution in [2.75, 3.05) is 32.9 Å². The lowest BCUT2D eigenvalue weighted by Gasteiger charge is -2.08. The van der Waals surface area contributed by atoms with E-state index in [0.29, 0.717) is 18.7 Å². The molecule has 1 aromatic rings. The maximum atomic E-state index is 12.1. The van der Waals surface area contributed by atoms with Crippen molar-refractivity contribution in [2.24, 2.45) is 0 Å². The second-order valence-corrected chi connectivity index (χ2v) is 8.23. The van der Waals surface area contributed by atoms with Crippen LogP contribution >= 0.6 is 0 Å². The van der Waals surface area contributed by atoms with E-state index in [9.17, 15) is 4.79 Å². The average molecular weight is 436 g/mol. The van der Waals surface area contributed by atoms with Crippen molar-refractivity contribution in [3.63, 3.8) is 0 Å². The lowest BCUT2D eigenvalue weighted by molar-refractivity contribution is 0.0497. The maximum absolute atomic E-state index is 12.1. The Kier molecular flexibility index (Phi) is 18.0. The molecule has 5 nitrogen and oxygen atoms in total. The van der Waals surface area contributed by atoms with Gasteiger partial charge < -0.3 is 19.9 Å². The molecule has 0 fully saturated rings. The van der Waals surface area contributed by atoms with Crippen LogP contribution in [0.4, 0.5) is 0 Å². The largest absolute Gasteiger partial charge is 0.494 e. The van der Waals surface area contributed by atoms with Crippen LogP contribution < -0.4 is 10.1 Å². The van der Waals surface area contributed by atoms with Gasteiger partial charge in [0.25, 0.3) is 0 Å². The van der Waals surface area contributed by atoms with Crippen molar-refractivity contribution in [3.8, 4) is 5.75 Å². The molecule has 31 heavy (non-hydrogen) atoms. The number of carbonyl (C=O) groups excluding carboxylic acids is 1. The van der Waals surface area contributed by atoms with Crippen molar-refractivity contribution in [3.05, 3.63) is 29.8 Å². The van der Waals surface area contributed by atoms with E-state index >= 15 is 0 Å². The molecule has 0 atom stereocenters. The van der Waals surface area contributed by atoms with Crippen molar-refractivity contribution >= 4 is 5.97 Å². The third kappa shape index (κ3) is 15.8. The number of hydrogen-bond donors (Lipinski definition) is 2. The van der Waals surface area contributed by atoms with Gasteiger partial charge in [0.1, 0.15) is 5.75 Å². The Morgan fingerprint density at radius 2 is 1.35 bits per heavy atom. The predicted octanol–water partition coefficient (Wildman–Crippen LogP) is 5.90. The molecule has 0 unspecified atom stereocenters. The molecule has 0 radical (unpaired) electrons. The highest BCUT2D eigenvalue weighted by atomic mass is 16.5. The minimum atomic E-state index is -0.256. The number of carbonyl (C=O) groups is 1. The number of esters is 1. The summed E-state index contributed by atoms with van der Waals surface area (Å²) < 4.78 is 11.2. The summed E-state index contributed by atoms with van der Waals surface area (Å²) in [5.74, 6) is 0.558. The molecule has 0 aromatic heterocycles. The first-order valence-electron chi connectivity index (χ1n) is 12.5. The van der Waals surface area contributed by atoms with E-state index in [1.165, 1.54) is 57.8 Å². The van der Waals surface area contributed by atoms with Gasteiger partial charge in [0, 0.05) is 6.54 Å². The van der Waals surface area contributed by atoms with E-state index < -0.39 is 0 Å². The summed E-state index contributed by atoms with van der Waals surface area (Å²) in [6.45, 7) is 5.31. The Hall–Kier alpha value is -1.59. The molecule has 0 heterocycles. The van der Waals surface area contributed by atoms with E-state index in [-0.39, 0.29) is 12.6 Å². The molecule has 0 bridgehead atoms. The van der Waals surface area contributed by atoms with Crippen LogP contribution in [0.3, 0.4) is 0 Å². The zero-order valence-corrected chi connectivity index (χ0v) is 19.7. The Morgan fingerprint density at radius 1 is 0.774 bits per heavy atom. The molecule has 0 aliphatic rings. The summed E-state index contributed by atoms with van der Waals surface area (Å²) in [6, 6.07) is 7.28. The summed E-state index contributed by atoms with van der Waals surface area (Å²) in [4.78, 5) is 12.1. The lowest BCUT2D eigenvalue weighted by atomic mass is 10.1. The van der Waals surface area contributed by atoms with Crippen molar-refractivity contribution in [2.45, 2.75) is 90.4 Å². The van der Waals surface area contributed by atoms with E-state index in [1.54, 1.807) is 12.1 Å². The lowest BCUT2D eigenvalue weighted by Crippen LogP contribution is -2.19. The number of unbranched alkanes of at least 4 members (excludes halogenated alkanes) is 11. The fraction of sp³-hybridized carbons (Fsp3) is 0.731. The van der Waals surface area contributed by atoms with Gasteiger partial charge in [-0.25, -0.2) is 4.79 Å². The van der Waals surface area contributed by atoms with Crippen molar-refractivity contribution < 1.29 is 19.4 Å². The minimum Gasteiger partial charge on any atom is -0.494 e. The highest BCUT2D eigenvalue weighted by Crippen LogP contribution is 2.15. The minimum absolute atomic E-state index is 0.204. The molecule has 5 heteroatoms. The average Bonchev–Trinajstić information content (AvgIpc) is 2.79. The summed E-state index contributed by atoms with van der Waals surface area (Å²) in [5.41, 5.74) is 0.582. The highest BCUT2D eigenvalue weighted by Gasteiger charge is 2.07. The standard InChI is InChI=1S/C26H45NO4/c1-2-3-4-5-7-10-13-22-30-25-17-15-24(16-18-25)26(29)31-23-14-11-8-6-9-12-19-27-20-21-28/h15-18,27-28H,2-14,19-23H2,1H3. The zero-order chi connectivity index (χ0) is 22.4. The number of benzene rings is 1. The predicted molar refractivity (Wildman–Crippen MR) is 128 cm³/mol. The molecule has 0 amide bonds. The number of rotatable bonds is 21. The molecule has 1 aromatic carbocycles. The number of nitrogens with one attached hydrogen (secondary N) is 1. The van der Waals surface area contributed by atoms with Crippen molar-refractivity contribution in [1.82, 2.24) is 5.32 Å². The summed E-state index contributed by atoms with van der Waals surface area (Å²) in [7, 11) is 0. The summed E-state index contributed by atoms with van der Waals surface area (Å²) in [6.07, 6.45) is 15.6. The van der Waals surface area contributed by atoms with Gasteiger partial charge in [0.05, 0.1) is 25.4 Å². The number of aliphatic hydroxyl groups is 1. The van der Waals surface area contributed by atoms with Gasteiger partial charge in [-0.2, -0.15) is 0 Å². The highest BCUT2D eigenvalue weighted by molar-refractivity contribution is 5.89. The van der Waals surface area contributed by atoms with Crippen LogP contribution in [0.1, 0.15) is 101 Å². The normalized spacial score (nSPS) is 10.9. The molecule has 0 aliphatic carbocycles. The first kappa shape index (κ1) is 27.4. The van der Waals surface area contributed by atoms with Crippen molar-refractivity contribution in [1.29, 1.82) is 0 Å². The van der Waals surface area contributed by atoms with Gasteiger partial charge in [-0.15, -0.1) is 0 Å². The van der Waals surface area contributed by atoms with Crippen LogP contribution in [-0.2, 0) is 4.74 Å². The fourth-order valence-corrected chi connectivity index (χ4v) is 3.45. The zero-order valence-electron chi connectivity index (χ0n) is 19.7. The molecular weight excluding hydrogens is 390 g/mol. The fourth-order valence-electron chi connectivity index (χ4n) is 3.45. The SMILES string of the molecule is CCCCCCCCCOc1ccc(C(=O)OCCCCCCCCNCCO)cc1. The number of aliphatic hydroxyl groups excluding tert-OH is 1. The topological polar surface area (TPSA) is 67.8 Å². The first-order valence-corrected chi connectivity index (χ1v) is 12.5. The van der Waals surface area contributed by atoms with Crippen LogP contribution in [0.5, 0.6) is 5.75 Å². The van der Waals surface area contributed by atoms with E-state index in [0.717, 1.165) is 44.6 Å². The quantitative estimate of drug-likeness (QED) is 0.186. The molecule has 178 valence electrons. The van der Waals surface area contributed by atoms with Crippen LogP contribution in [0.25, 0.3) is 0 Å². The van der Waals surface area contributed by atoms with Gasteiger partial charge in [-0.3, -0.25) is 0 Å². The number of ether oxygens (including phenoxy) is 2. The third-order valence-electron chi connectivity index (χ3n) is 5.38. The molecule has 1 rings (SSSR count). The van der Waals surface area contributed by atoms with Crippen LogP contribution in [-0.4, -0.2) is 44.0 Å². The number of hydrogen-bond acceptors (Lipinski definition) is 5. The second kappa shape index (κ2) is 20.3. The van der Waals surface area contributed by atoms with E-state index in [4.69, 9.17) is 14.6 Å². The summed E-state index contributed by atoms with van der Waals surface area (Å²) >= 11 is 0. The van der Waals surface area contributed by atoms with Gasteiger partial charge in [0.2, 0.25) is 0 Å². The monoisotopic (exact) mass is 435 g/mol. The molecular formula is C26H45NO4. The van der Waals surface area contributed by atoms with Gasteiger partial charge in [-0.05, 0) is 50.1 Å². The van der Waals surface area contributed by atoms with Crippen LogP contribution in [0.15, 0.2) is 24.3 Å². The Balaban J connectivity index is 2.01. The molecule has 2 N–H and O–H groups in total. The van der Waals surface area contributed by atoms with Crippen LogP contribution in [0.2, 0.25) is 0 Å². The third-order valence-corrected chi connectivity index (χ3v) is 5.38. The molecule has 0 saturated carbocycles. The van der Waals surface area contributed by atoms with Gasteiger partial charge in [-0.1, -0.05) is 71.1 Å². The van der Waals surface area contributed by atoms with E-state index in [1.807, 2.05) is 12.1 Å². The second-order valence-electron chi connectivity index (χ2n) is 8.23. The molecule has 0 aliphatic heterocycles. The Morgan fingerprint density at radius 3 is 2.00 bits per heavy atom. The van der Waals surface area contributed by atoms with Crippen LogP contribution in [0, 0.1) is 0 Å². The van der Waals surface area contributed by atoms with E-state index in [2.05, 4.69) is 12.2 Å². The smallest absolute Gasteiger partial charge is 0.338 e. The Bertz CT molecular complexity index is 533. The maximum Gasteiger partial charge on any atom is 0.338 e. The summed E-state index contributed by atoms with van der Waals surface area (Å²) in [5, 5.41) is 11.9. The first-order chi connectivity index (χ1) is 15.3. The Labute approximate surface area is 189 Å². The van der Waals surface area contributed by atoms with Gasteiger partial charge in [0.15, 0.2) is 0 Å².